The molecule has 1 fully saturated rings. The quantitative estimate of drug-likeness (QED) is 0.322. The molecule has 14 heteroatoms. The zero-order valence-electron chi connectivity index (χ0n) is 22.1. The number of aromatic nitrogens is 5. The molecule has 0 bridgehead atoms. The van der Waals surface area contributed by atoms with Crippen LogP contribution in [0.3, 0.4) is 0 Å². The van der Waals surface area contributed by atoms with E-state index in [1.54, 1.807) is 37.5 Å². The van der Waals surface area contributed by atoms with Crippen LogP contribution in [0.1, 0.15) is 33.8 Å². The third-order valence-corrected chi connectivity index (χ3v) is 9.12. The number of fused-ring (bicyclic) bond motifs is 1. The van der Waals surface area contributed by atoms with Crippen molar-refractivity contribution in [3.63, 3.8) is 0 Å². The number of aromatic carboxylic acids is 1. The monoisotopic (exact) mass is 570 g/mol. The van der Waals surface area contributed by atoms with Crippen LogP contribution in [-0.4, -0.2) is 88.4 Å². The summed E-state index contributed by atoms with van der Waals surface area (Å²) < 4.78 is 25.6. The Kier molecular flexibility index (Phi) is 7.27. The number of thiazole rings is 1. The summed E-state index contributed by atoms with van der Waals surface area (Å²) in [5.74, 6) is -0.0656. The lowest BCUT2D eigenvalue weighted by Gasteiger charge is -2.35. The number of nitrogens with zero attached hydrogens (tertiary/aromatic N) is 7. The van der Waals surface area contributed by atoms with Crippen molar-refractivity contribution in [1.29, 1.82) is 0 Å². The molecule has 1 aliphatic heterocycles. The molecule has 0 aliphatic carbocycles. The number of benzene rings is 1. The number of likely N-dealkylation sites (tertiary alicyclic amines) is 1. The predicted octanol–water partition coefficient (Wildman–Crippen LogP) is 3.02. The Morgan fingerprint density at radius 2 is 1.87 bits per heavy atom. The maximum absolute atomic E-state index is 11.8. The van der Waals surface area contributed by atoms with Gasteiger partial charge in [0, 0.05) is 19.3 Å². The van der Waals surface area contributed by atoms with Crippen molar-refractivity contribution < 1.29 is 18.3 Å². The van der Waals surface area contributed by atoms with Crippen molar-refractivity contribution in [3.8, 4) is 0 Å². The number of carbonyl (C=O) groups is 1. The Morgan fingerprint density at radius 3 is 2.49 bits per heavy atom. The molecule has 0 radical (unpaired) electrons. The van der Waals surface area contributed by atoms with E-state index in [2.05, 4.69) is 32.1 Å². The molecule has 3 aromatic heterocycles. The Labute approximate surface area is 230 Å². The number of rotatable bonds is 8. The first-order chi connectivity index (χ1) is 18.5. The lowest BCUT2D eigenvalue weighted by atomic mass is 10.0. The first-order valence-corrected chi connectivity index (χ1v) is 15.1. The fraction of sp³-hybridized carbons (Fsp3) is 0.400. The second-order valence-corrected chi connectivity index (χ2v) is 12.9. The number of sulfone groups is 1. The number of nitrogens with one attached hydrogen (secondary N) is 1. The molecule has 4 heterocycles. The van der Waals surface area contributed by atoms with Crippen LogP contribution in [0, 0.1) is 6.92 Å². The van der Waals surface area contributed by atoms with Gasteiger partial charge in [0.05, 0.1) is 23.5 Å². The molecular formula is C25H30N8O4S2. The highest BCUT2D eigenvalue weighted by Crippen LogP contribution is 2.30. The van der Waals surface area contributed by atoms with Gasteiger partial charge in [-0.05, 0) is 57.6 Å². The van der Waals surface area contributed by atoms with E-state index in [1.165, 1.54) is 6.26 Å². The number of hydrogen-bond donors (Lipinski definition) is 2. The van der Waals surface area contributed by atoms with Crippen LogP contribution < -0.4 is 10.2 Å². The van der Waals surface area contributed by atoms with Crippen LogP contribution in [0.15, 0.2) is 35.5 Å². The molecular weight excluding hydrogens is 540 g/mol. The minimum absolute atomic E-state index is 0.157. The summed E-state index contributed by atoms with van der Waals surface area (Å²) >= 11 is 1.03. The number of anilines is 3. The van der Waals surface area contributed by atoms with Crippen molar-refractivity contribution in [3.05, 3.63) is 46.7 Å². The zero-order valence-corrected chi connectivity index (χ0v) is 23.8. The lowest BCUT2D eigenvalue weighted by molar-refractivity contribution is 0.0701. The van der Waals surface area contributed by atoms with E-state index in [0.717, 1.165) is 42.8 Å². The average Bonchev–Trinajstić information content (AvgIpc) is 3.46. The SMILES string of the molecule is Cc1nc(Nc2nc(N(C)C3CCN(C)CC3)c3ncn(Cc4ccc(S(C)(=O)=O)cc4)c3n2)sc1C(=O)O. The highest BCUT2D eigenvalue weighted by molar-refractivity contribution is 7.90. The number of aryl methyl sites for hydroxylation is 1. The van der Waals surface area contributed by atoms with Crippen molar-refractivity contribution >= 4 is 55.2 Å². The van der Waals surface area contributed by atoms with Crippen LogP contribution in [0.2, 0.25) is 0 Å². The number of carboxylic acid groups (broad SMARTS) is 1. The maximum Gasteiger partial charge on any atom is 0.347 e. The Bertz CT molecular complexity index is 1620. The molecule has 0 amide bonds. The molecule has 206 valence electrons. The average molecular weight is 571 g/mol. The van der Waals surface area contributed by atoms with E-state index in [4.69, 9.17) is 9.97 Å². The maximum atomic E-state index is 11.8. The standard InChI is InChI=1S/C25H30N8O4S2/c1-15-20(23(34)35)38-25(27-15)30-24-28-21(32(3)17-9-11-31(2)12-10-17)19-22(29-24)33(14-26-19)13-16-5-7-18(8-6-16)39(4,36)37/h5-8,14,17H,9-13H2,1-4H3,(H,34,35)(H,27,28,29,30). The van der Waals surface area contributed by atoms with Gasteiger partial charge in [0.15, 0.2) is 32.0 Å². The minimum Gasteiger partial charge on any atom is -0.477 e. The van der Waals surface area contributed by atoms with E-state index >= 15 is 0 Å². The first-order valence-electron chi connectivity index (χ1n) is 12.4. The molecule has 39 heavy (non-hydrogen) atoms. The molecule has 12 nitrogen and oxygen atoms in total. The van der Waals surface area contributed by atoms with Crippen molar-refractivity contribution in [1.82, 2.24) is 29.4 Å². The van der Waals surface area contributed by atoms with E-state index in [9.17, 15) is 18.3 Å². The van der Waals surface area contributed by atoms with E-state index in [0.29, 0.717) is 34.4 Å². The highest BCUT2D eigenvalue weighted by atomic mass is 32.2. The molecule has 0 unspecified atom stereocenters. The van der Waals surface area contributed by atoms with Crippen LogP contribution in [0.5, 0.6) is 0 Å². The zero-order chi connectivity index (χ0) is 27.9. The second-order valence-electron chi connectivity index (χ2n) is 9.84. The summed E-state index contributed by atoms with van der Waals surface area (Å²) in [6.07, 6.45) is 4.86. The normalized spacial score (nSPS) is 15.1. The van der Waals surface area contributed by atoms with Gasteiger partial charge in [-0.1, -0.05) is 23.5 Å². The predicted molar refractivity (Wildman–Crippen MR) is 150 cm³/mol. The fourth-order valence-electron chi connectivity index (χ4n) is 4.68. The molecule has 0 saturated carbocycles. The lowest BCUT2D eigenvalue weighted by Crippen LogP contribution is -2.42. The van der Waals surface area contributed by atoms with Crippen LogP contribution in [0.4, 0.5) is 16.9 Å². The van der Waals surface area contributed by atoms with Gasteiger partial charge in [-0.2, -0.15) is 9.97 Å². The molecule has 2 N–H and O–H groups in total. The Morgan fingerprint density at radius 1 is 1.18 bits per heavy atom. The second kappa shape index (κ2) is 10.5. The van der Waals surface area contributed by atoms with Gasteiger partial charge in [-0.15, -0.1) is 0 Å². The molecule has 0 atom stereocenters. The summed E-state index contributed by atoms with van der Waals surface area (Å²) in [6, 6.07) is 7.02. The van der Waals surface area contributed by atoms with E-state index in [-0.39, 0.29) is 21.8 Å². The molecule has 0 spiro atoms. The third kappa shape index (κ3) is 5.72. The number of carboxylic acids is 1. The van der Waals surface area contributed by atoms with Gasteiger partial charge in [0.25, 0.3) is 0 Å². The Hall–Kier alpha value is -3.62. The van der Waals surface area contributed by atoms with Gasteiger partial charge >= 0.3 is 5.97 Å². The van der Waals surface area contributed by atoms with Gasteiger partial charge in [0.2, 0.25) is 5.95 Å². The van der Waals surface area contributed by atoms with E-state index in [1.807, 2.05) is 11.6 Å². The minimum atomic E-state index is -3.29. The Balaban J connectivity index is 1.53. The van der Waals surface area contributed by atoms with Gasteiger partial charge in [-0.3, -0.25) is 5.32 Å². The number of hydrogen-bond acceptors (Lipinski definition) is 11. The van der Waals surface area contributed by atoms with Crippen molar-refractivity contribution in [2.24, 2.45) is 0 Å². The number of piperidine rings is 1. The summed E-state index contributed by atoms with van der Waals surface area (Å²) in [6.45, 7) is 4.05. The first kappa shape index (κ1) is 27.0. The smallest absolute Gasteiger partial charge is 0.347 e. The molecule has 1 saturated heterocycles. The van der Waals surface area contributed by atoms with E-state index < -0.39 is 15.8 Å². The third-order valence-electron chi connectivity index (χ3n) is 6.93. The summed E-state index contributed by atoms with van der Waals surface area (Å²) in [5.41, 5.74) is 2.56. The van der Waals surface area contributed by atoms with Gasteiger partial charge < -0.3 is 19.5 Å². The van der Waals surface area contributed by atoms with Gasteiger partial charge in [0.1, 0.15) is 4.88 Å². The van der Waals surface area contributed by atoms with Crippen LogP contribution in [-0.2, 0) is 16.4 Å². The highest BCUT2D eigenvalue weighted by Gasteiger charge is 2.26. The fourth-order valence-corrected chi connectivity index (χ4v) is 6.11. The molecule has 4 aromatic rings. The summed E-state index contributed by atoms with van der Waals surface area (Å²) in [5, 5.41) is 12.9. The summed E-state index contributed by atoms with van der Waals surface area (Å²) in [7, 11) is 0.846. The molecule has 5 rings (SSSR count). The largest absolute Gasteiger partial charge is 0.477 e. The van der Waals surface area contributed by atoms with Crippen molar-refractivity contribution in [2.75, 3.05) is 43.7 Å². The van der Waals surface area contributed by atoms with Crippen LogP contribution in [0.25, 0.3) is 11.2 Å². The summed E-state index contributed by atoms with van der Waals surface area (Å²) in [4.78, 5) is 34.9. The molecule has 1 aliphatic rings. The van der Waals surface area contributed by atoms with Crippen molar-refractivity contribution in [2.45, 2.75) is 37.2 Å². The van der Waals surface area contributed by atoms with Crippen LogP contribution >= 0.6 is 11.3 Å². The number of imidazole rings is 1. The van der Waals surface area contributed by atoms with Gasteiger partial charge in [-0.25, -0.2) is 23.2 Å². The topological polar surface area (TPSA) is 146 Å². The molecule has 1 aromatic carbocycles.